The van der Waals surface area contributed by atoms with Gasteiger partial charge in [-0.1, -0.05) is 0 Å². The average Bonchev–Trinajstić information content (AvgIpc) is 2.49. The van der Waals surface area contributed by atoms with Gasteiger partial charge in [-0.05, 0) is 13.3 Å². The van der Waals surface area contributed by atoms with E-state index in [0.717, 1.165) is 4.90 Å². The normalized spacial score (nSPS) is 25.2. The molecule has 0 saturated carbocycles. The van der Waals surface area contributed by atoms with Gasteiger partial charge in [0.25, 0.3) is 0 Å². The Hall–Kier alpha value is -0.870. The van der Waals surface area contributed by atoms with Gasteiger partial charge in [0, 0.05) is 6.54 Å². The van der Waals surface area contributed by atoms with Crippen molar-refractivity contribution in [3.63, 3.8) is 0 Å². The van der Waals surface area contributed by atoms with E-state index in [1.165, 1.54) is 0 Å². The van der Waals surface area contributed by atoms with Crippen molar-refractivity contribution in [2.24, 2.45) is 0 Å². The summed E-state index contributed by atoms with van der Waals surface area (Å²) in [6, 6.07) is 0. The monoisotopic (exact) mass is 332 g/mol. The average molecular weight is 332 g/mol. The highest BCUT2D eigenvalue weighted by atomic mass is 32.2. The molecule has 1 heterocycles. The minimum atomic E-state index is -4.48. The summed E-state index contributed by atoms with van der Waals surface area (Å²) < 4.78 is 59.8. The second kappa shape index (κ2) is 6.49. The number of aliphatic hydroxyl groups is 1. The zero-order valence-electron chi connectivity index (χ0n) is 11.6. The van der Waals surface area contributed by atoms with Gasteiger partial charge in [0.05, 0.1) is 36.7 Å². The highest BCUT2D eigenvalue weighted by molar-refractivity contribution is 7.91. The van der Waals surface area contributed by atoms with E-state index in [9.17, 15) is 26.4 Å². The molecule has 1 aliphatic rings. The van der Waals surface area contributed by atoms with Crippen LogP contribution in [0.3, 0.4) is 0 Å². The van der Waals surface area contributed by atoms with Crippen molar-refractivity contribution in [2.75, 3.05) is 37.7 Å². The fraction of sp³-hybridized carbons (Fsp3) is 0.909. The molecule has 6 nitrogen and oxygen atoms in total. The summed E-state index contributed by atoms with van der Waals surface area (Å²) in [6.07, 6.45) is -4.24. The Bertz CT molecular complexity index is 480. The van der Waals surface area contributed by atoms with Crippen molar-refractivity contribution in [1.29, 1.82) is 0 Å². The van der Waals surface area contributed by atoms with Crippen molar-refractivity contribution in [3.8, 4) is 0 Å². The number of sulfone groups is 1. The van der Waals surface area contributed by atoms with Crippen molar-refractivity contribution in [1.82, 2.24) is 10.2 Å². The van der Waals surface area contributed by atoms with E-state index < -0.39 is 47.2 Å². The van der Waals surface area contributed by atoms with Gasteiger partial charge in [0.1, 0.15) is 0 Å². The first kappa shape index (κ1) is 18.2. The minimum absolute atomic E-state index is 0.0489. The van der Waals surface area contributed by atoms with E-state index >= 15 is 0 Å². The molecule has 124 valence electrons. The molecule has 0 aliphatic carbocycles. The van der Waals surface area contributed by atoms with E-state index in [2.05, 4.69) is 5.32 Å². The summed E-state index contributed by atoms with van der Waals surface area (Å²) in [4.78, 5) is 12.6. The van der Waals surface area contributed by atoms with Crippen LogP contribution in [0, 0.1) is 0 Å². The molecule has 0 aromatic rings. The number of nitrogens with one attached hydrogen (secondary N) is 1. The van der Waals surface area contributed by atoms with Crippen LogP contribution in [0.5, 0.6) is 0 Å². The molecule has 0 bridgehead atoms. The Morgan fingerprint density at radius 1 is 1.43 bits per heavy atom. The molecule has 10 heteroatoms. The zero-order valence-corrected chi connectivity index (χ0v) is 12.4. The second-order valence-corrected chi connectivity index (χ2v) is 7.68. The highest BCUT2D eigenvalue weighted by Gasteiger charge is 2.40. The molecule has 21 heavy (non-hydrogen) atoms. The van der Waals surface area contributed by atoms with Crippen LogP contribution >= 0.6 is 0 Å². The number of halogens is 3. The van der Waals surface area contributed by atoms with E-state index in [1.54, 1.807) is 6.92 Å². The number of alkyl halides is 3. The lowest BCUT2D eigenvalue weighted by molar-refractivity contribution is -0.149. The van der Waals surface area contributed by atoms with Crippen LogP contribution in [-0.4, -0.2) is 73.8 Å². The SMILES string of the molecule is CC1(NC(=O)CN(CCO)CC(F)(F)F)CCS(=O)(=O)C1. The molecule has 1 atom stereocenters. The summed E-state index contributed by atoms with van der Waals surface area (Å²) in [5.74, 6) is -0.954. The molecule has 1 saturated heterocycles. The Balaban J connectivity index is 2.58. The lowest BCUT2D eigenvalue weighted by Crippen LogP contribution is -2.51. The topological polar surface area (TPSA) is 86.7 Å². The largest absolute Gasteiger partial charge is 0.401 e. The fourth-order valence-electron chi connectivity index (χ4n) is 2.30. The number of aliphatic hydroxyl groups excluding tert-OH is 1. The predicted octanol–water partition coefficient (Wildman–Crippen LogP) is -0.464. The maximum atomic E-state index is 12.3. The van der Waals surface area contributed by atoms with E-state index in [1.807, 2.05) is 0 Å². The quantitative estimate of drug-likeness (QED) is 0.687. The van der Waals surface area contributed by atoms with Gasteiger partial charge in [0.2, 0.25) is 5.91 Å². The van der Waals surface area contributed by atoms with Crippen molar-refractivity contribution >= 4 is 15.7 Å². The van der Waals surface area contributed by atoms with Gasteiger partial charge in [-0.2, -0.15) is 13.2 Å². The molecule has 1 fully saturated rings. The van der Waals surface area contributed by atoms with Crippen LogP contribution in [0.15, 0.2) is 0 Å². The minimum Gasteiger partial charge on any atom is -0.395 e. The lowest BCUT2D eigenvalue weighted by atomic mass is 10.0. The number of nitrogens with zero attached hydrogens (tertiary/aromatic N) is 1. The van der Waals surface area contributed by atoms with Crippen molar-refractivity contribution < 1.29 is 31.5 Å². The van der Waals surface area contributed by atoms with Gasteiger partial charge in [0.15, 0.2) is 9.84 Å². The van der Waals surface area contributed by atoms with Crippen LogP contribution in [0.2, 0.25) is 0 Å². The maximum Gasteiger partial charge on any atom is 0.401 e. The number of amides is 1. The van der Waals surface area contributed by atoms with Gasteiger partial charge in [-0.3, -0.25) is 9.69 Å². The molecule has 0 spiro atoms. The molecule has 2 N–H and O–H groups in total. The van der Waals surface area contributed by atoms with Gasteiger partial charge >= 0.3 is 6.18 Å². The Kier molecular flexibility index (Phi) is 5.62. The molecule has 1 unspecified atom stereocenters. The first-order valence-electron chi connectivity index (χ1n) is 6.36. The predicted molar refractivity (Wildman–Crippen MR) is 69.4 cm³/mol. The number of rotatable bonds is 6. The number of hydrogen-bond donors (Lipinski definition) is 2. The van der Waals surface area contributed by atoms with Crippen molar-refractivity contribution in [2.45, 2.75) is 25.1 Å². The molecular weight excluding hydrogens is 313 g/mol. The molecule has 1 rings (SSSR count). The third-order valence-electron chi connectivity index (χ3n) is 3.13. The zero-order chi connectivity index (χ0) is 16.3. The summed E-state index contributed by atoms with van der Waals surface area (Å²) >= 11 is 0. The second-order valence-electron chi connectivity index (χ2n) is 5.50. The highest BCUT2D eigenvalue weighted by Crippen LogP contribution is 2.23. The number of carbonyl (C=O) groups excluding carboxylic acids is 1. The fourth-order valence-corrected chi connectivity index (χ4v) is 4.39. The summed E-state index contributed by atoms with van der Waals surface area (Å²) in [5.41, 5.74) is -0.945. The van der Waals surface area contributed by atoms with Crippen LogP contribution in [-0.2, 0) is 14.6 Å². The smallest absolute Gasteiger partial charge is 0.395 e. The molecule has 1 amide bonds. The van der Waals surface area contributed by atoms with Crippen LogP contribution in [0.4, 0.5) is 13.2 Å². The molecular formula is C11H19F3N2O4S. The Morgan fingerprint density at radius 2 is 2.05 bits per heavy atom. The maximum absolute atomic E-state index is 12.3. The molecule has 0 radical (unpaired) electrons. The van der Waals surface area contributed by atoms with Gasteiger partial charge in [-0.25, -0.2) is 8.42 Å². The summed E-state index contributed by atoms with van der Waals surface area (Å²) in [7, 11) is -3.22. The third kappa shape index (κ3) is 6.62. The van der Waals surface area contributed by atoms with E-state index in [0.29, 0.717) is 0 Å². The first-order valence-corrected chi connectivity index (χ1v) is 8.18. The Labute approximate surface area is 121 Å². The van der Waals surface area contributed by atoms with E-state index in [4.69, 9.17) is 5.11 Å². The lowest BCUT2D eigenvalue weighted by Gasteiger charge is -2.27. The third-order valence-corrected chi connectivity index (χ3v) is 5.03. The molecule has 1 aliphatic heterocycles. The van der Waals surface area contributed by atoms with E-state index in [-0.39, 0.29) is 24.5 Å². The summed E-state index contributed by atoms with van der Waals surface area (Å²) in [6.45, 7) is -1.10. The molecule has 0 aromatic carbocycles. The van der Waals surface area contributed by atoms with Crippen LogP contribution in [0.1, 0.15) is 13.3 Å². The Morgan fingerprint density at radius 3 is 2.48 bits per heavy atom. The number of hydrogen-bond acceptors (Lipinski definition) is 5. The van der Waals surface area contributed by atoms with Gasteiger partial charge in [-0.15, -0.1) is 0 Å². The van der Waals surface area contributed by atoms with Gasteiger partial charge < -0.3 is 10.4 Å². The summed E-state index contributed by atoms with van der Waals surface area (Å²) in [5, 5.41) is 11.2. The van der Waals surface area contributed by atoms with Crippen molar-refractivity contribution in [3.05, 3.63) is 0 Å². The first-order chi connectivity index (χ1) is 9.45. The van der Waals surface area contributed by atoms with Crippen LogP contribution < -0.4 is 5.32 Å². The standard InChI is InChI=1S/C11H19F3N2O4S/c1-10(2-5-21(19,20)8-10)15-9(18)6-16(3-4-17)7-11(12,13)14/h17H,2-8H2,1H3,(H,15,18). The molecule has 0 aromatic heterocycles. The number of carbonyl (C=O) groups is 1. The van der Waals surface area contributed by atoms with Crippen LogP contribution in [0.25, 0.3) is 0 Å².